The largest absolute Gasteiger partial charge is 0.451 e. The van der Waals surface area contributed by atoms with Crippen LogP contribution in [-0.4, -0.2) is 30.9 Å². The highest BCUT2D eigenvalue weighted by Crippen LogP contribution is 2.34. The molecule has 0 fully saturated rings. The number of amides is 1. The SMILES string of the molecule is O=C(Nc1n[nH]c(C(F)(F)F)n1)c1cnn(-c2ccc(Cl)cc2)c1C(F)(F)F. The van der Waals surface area contributed by atoms with Crippen LogP contribution in [0.15, 0.2) is 30.5 Å². The average Bonchev–Trinajstić information content (AvgIpc) is 3.21. The summed E-state index contributed by atoms with van der Waals surface area (Å²) in [6.45, 7) is 0. The molecule has 0 atom stereocenters. The summed E-state index contributed by atoms with van der Waals surface area (Å²) in [5, 5.41) is 10.2. The molecule has 0 aliphatic rings. The zero-order valence-corrected chi connectivity index (χ0v) is 14.0. The van der Waals surface area contributed by atoms with Crippen molar-refractivity contribution in [1.29, 1.82) is 0 Å². The zero-order chi connectivity index (χ0) is 20.7. The Morgan fingerprint density at radius 2 is 1.71 bits per heavy atom. The quantitative estimate of drug-likeness (QED) is 0.623. The van der Waals surface area contributed by atoms with Crippen molar-refractivity contribution in [3.05, 3.63) is 52.6 Å². The van der Waals surface area contributed by atoms with E-state index in [1.54, 1.807) is 5.32 Å². The zero-order valence-electron chi connectivity index (χ0n) is 13.2. The van der Waals surface area contributed by atoms with Crippen molar-refractivity contribution in [1.82, 2.24) is 25.0 Å². The molecule has 0 spiro atoms. The fourth-order valence-electron chi connectivity index (χ4n) is 2.18. The van der Waals surface area contributed by atoms with Crippen LogP contribution in [0, 0.1) is 0 Å². The van der Waals surface area contributed by atoms with Crippen LogP contribution in [0.4, 0.5) is 32.3 Å². The summed E-state index contributed by atoms with van der Waals surface area (Å²) in [5.74, 6) is -3.75. The molecule has 3 rings (SSSR count). The van der Waals surface area contributed by atoms with Gasteiger partial charge in [-0.15, -0.1) is 5.10 Å². The molecule has 1 aromatic carbocycles. The smallest absolute Gasteiger partial charge is 0.289 e. The molecule has 2 heterocycles. The number of hydrogen-bond donors (Lipinski definition) is 2. The minimum absolute atomic E-state index is 0.0342. The fraction of sp³-hybridized carbons (Fsp3) is 0.143. The first-order chi connectivity index (χ1) is 13.0. The summed E-state index contributed by atoms with van der Waals surface area (Å²) in [5.41, 5.74) is -2.40. The number of carbonyl (C=O) groups is 1. The molecule has 148 valence electrons. The molecule has 2 N–H and O–H groups in total. The Morgan fingerprint density at radius 1 is 1.07 bits per heavy atom. The minimum atomic E-state index is -5.00. The molecule has 0 saturated heterocycles. The number of halogens is 7. The number of nitrogens with one attached hydrogen (secondary N) is 2. The average molecular weight is 425 g/mol. The van der Waals surface area contributed by atoms with Gasteiger partial charge >= 0.3 is 12.4 Å². The molecule has 14 heteroatoms. The molecule has 28 heavy (non-hydrogen) atoms. The molecule has 7 nitrogen and oxygen atoms in total. The summed E-state index contributed by atoms with van der Waals surface area (Å²) in [6.07, 6.45) is -9.24. The van der Waals surface area contributed by atoms with Crippen LogP contribution in [-0.2, 0) is 12.4 Å². The van der Waals surface area contributed by atoms with Crippen molar-refractivity contribution in [2.45, 2.75) is 12.4 Å². The molecule has 0 aliphatic heterocycles. The Kier molecular flexibility index (Phi) is 4.79. The van der Waals surface area contributed by atoms with Gasteiger partial charge in [0.2, 0.25) is 11.8 Å². The summed E-state index contributed by atoms with van der Waals surface area (Å²) < 4.78 is 78.5. The second-order valence-corrected chi connectivity index (χ2v) is 5.69. The van der Waals surface area contributed by atoms with E-state index in [0.29, 0.717) is 10.9 Å². The van der Waals surface area contributed by atoms with Crippen molar-refractivity contribution in [3.8, 4) is 5.69 Å². The summed E-state index contributed by atoms with van der Waals surface area (Å²) in [6, 6.07) is 5.14. The third-order valence-electron chi connectivity index (χ3n) is 3.33. The molecule has 0 aliphatic carbocycles. The first-order valence-electron chi connectivity index (χ1n) is 7.19. The van der Waals surface area contributed by atoms with Gasteiger partial charge in [-0.25, -0.2) is 4.68 Å². The lowest BCUT2D eigenvalue weighted by Gasteiger charge is -2.12. The van der Waals surface area contributed by atoms with E-state index in [1.807, 2.05) is 0 Å². The highest BCUT2D eigenvalue weighted by Gasteiger charge is 2.41. The molecule has 0 saturated carbocycles. The molecule has 0 radical (unpaired) electrons. The summed E-state index contributed by atoms with van der Waals surface area (Å²) >= 11 is 5.70. The highest BCUT2D eigenvalue weighted by molar-refractivity contribution is 6.30. The summed E-state index contributed by atoms with van der Waals surface area (Å²) in [7, 11) is 0. The number of rotatable bonds is 3. The lowest BCUT2D eigenvalue weighted by atomic mass is 10.2. The highest BCUT2D eigenvalue weighted by atomic mass is 35.5. The van der Waals surface area contributed by atoms with E-state index in [9.17, 15) is 31.1 Å². The van der Waals surface area contributed by atoms with Gasteiger partial charge in [-0.3, -0.25) is 15.2 Å². The predicted molar refractivity (Wildman–Crippen MR) is 82.9 cm³/mol. The maximum absolute atomic E-state index is 13.5. The Hall–Kier alpha value is -3.09. The maximum Gasteiger partial charge on any atom is 0.451 e. The number of benzene rings is 1. The van der Waals surface area contributed by atoms with Crippen LogP contribution in [0.25, 0.3) is 5.69 Å². The standard InChI is InChI=1S/C14H7ClF6N6O/c15-6-1-3-7(4-2-6)27-9(13(16,17)18)8(5-22-27)10(28)23-12-24-11(25-26-12)14(19,20)21/h1-5H,(H2,23,24,25,26,28). The van der Waals surface area contributed by atoms with E-state index < -0.39 is 41.3 Å². The minimum Gasteiger partial charge on any atom is -0.289 e. The lowest BCUT2D eigenvalue weighted by Crippen LogP contribution is -2.21. The van der Waals surface area contributed by atoms with Crippen LogP contribution in [0.5, 0.6) is 0 Å². The number of H-pyrrole nitrogens is 1. The van der Waals surface area contributed by atoms with E-state index in [1.165, 1.54) is 29.4 Å². The molecule has 0 bridgehead atoms. The Bertz CT molecular complexity index is 1010. The normalized spacial score (nSPS) is 12.2. The Labute approximate surface area is 156 Å². The fourth-order valence-corrected chi connectivity index (χ4v) is 2.30. The van der Waals surface area contributed by atoms with Crippen LogP contribution >= 0.6 is 11.6 Å². The van der Waals surface area contributed by atoms with E-state index >= 15 is 0 Å². The number of alkyl halides is 6. The topological polar surface area (TPSA) is 88.5 Å². The Balaban J connectivity index is 1.96. The van der Waals surface area contributed by atoms with Gasteiger partial charge in [0.15, 0.2) is 5.69 Å². The van der Waals surface area contributed by atoms with Crippen LogP contribution < -0.4 is 5.32 Å². The van der Waals surface area contributed by atoms with Gasteiger partial charge < -0.3 is 0 Å². The second kappa shape index (κ2) is 6.82. The second-order valence-electron chi connectivity index (χ2n) is 5.25. The van der Waals surface area contributed by atoms with Gasteiger partial charge in [0.1, 0.15) is 0 Å². The molecular formula is C14H7ClF6N6O. The molecule has 3 aromatic rings. The number of anilines is 1. The van der Waals surface area contributed by atoms with Gasteiger partial charge in [-0.1, -0.05) is 11.6 Å². The number of aromatic nitrogens is 5. The van der Waals surface area contributed by atoms with E-state index in [-0.39, 0.29) is 10.7 Å². The molecular weight excluding hydrogens is 418 g/mol. The number of nitrogens with zero attached hydrogens (tertiary/aromatic N) is 4. The van der Waals surface area contributed by atoms with Gasteiger partial charge in [0, 0.05) is 5.02 Å². The molecule has 1 amide bonds. The number of carbonyl (C=O) groups excluding carboxylic acids is 1. The van der Waals surface area contributed by atoms with E-state index in [4.69, 9.17) is 11.6 Å². The van der Waals surface area contributed by atoms with E-state index in [0.717, 1.165) is 0 Å². The third kappa shape index (κ3) is 3.93. The number of hydrogen-bond acceptors (Lipinski definition) is 4. The van der Waals surface area contributed by atoms with E-state index in [2.05, 4.69) is 15.2 Å². The van der Waals surface area contributed by atoms with Crippen molar-refractivity contribution in [2.24, 2.45) is 0 Å². The monoisotopic (exact) mass is 424 g/mol. The van der Waals surface area contributed by atoms with Crippen molar-refractivity contribution in [3.63, 3.8) is 0 Å². The van der Waals surface area contributed by atoms with Gasteiger partial charge in [-0.2, -0.15) is 36.4 Å². The first-order valence-corrected chi connectivity index (χ1v) is 7.56. The first kappa shape index (κ1) is 19.7. The predicted octanol–water partition coefficient (Wildman–Crippen LogP) is 3.93. The molecule has 0 unspecified atom stereocenters. The third-order valence-corrected chi connectivity index (χ3v) is 3.58. The van der Waals surface area contributed by atoms with Crippen LogP contribution in [0.1, 0.15) is 21.9 Å². The summed E-state index contributed by atoms with van der Waals surface area (Å²) in [4.78, 5) is 15.1. The lowest BCUT2D eigenvalue weighted by molar-refractivity contribution is -0.144. The van der Waals surface area contributed by atoms with Gasteiger partial charge in [0.05, 0.1) is 17.4 Å². The van der Waals surface area contributed by atoms with Gasteiger partial charge in [0.25, 0.3) is 5.91 Å². The van der Waals surface area contributed by atoms with Crippen molar-refractivity contribution < 1.29 is 31.1 Å². The number of aromatic amines is 1. The van der Waals surface area contributed by atoms with Crippen LogP contribution in [0.3, 0.4) is 0 Å². The van der Waals surface area contributed by atoms with Crippen molar-refractivity contribution >= 4 is 23.5 Å². The maximum atomic E-state index is 13.5. The van der Waals surface area contributed by atoms with Crippen LogP contribution in [0.2, 0.25) is 5.02 Å². The van der Waals surface area contributed by atoms with Crippen molar-refractivity contribution in [2.75, 3.05) is 5.32 Å². The van der Waals surface area contributed by atoms with Gasteiger partial charge in [-0.05, 0) is 24.3 Å². The Morgan fingerprint density at radius 3 is 2.25 bits per heavy atom. The molecule has 2 aromatic heterocycles.